The van der Waals surface area contributed by atoms with Gasteiger partial charge in [-0.25, -0.2) is 15.0 Å². The van der Waals surface area contributed by atoms with Gasteiger partial charge < -0.3 is 14.4 Å². The van der Waals surface area contributed by atoms with Crippen molar-refractivity contribution in [3.63, 3.8) is 0 Å². The molecule has 2 saturated heterocycles. The minimum absolute atomic E-state index is 0.0827. The van der Waals surface area contributed by atoms with Gasteiger partial charge in [-0.2, -0.15) is 0 Å². The fourth-order valence-electron chi connectivity index (χ4n) is 4.76. The van der Waals surface area contributed by atoms with Gasteiger partial charge in [0, 0.05) is 50.8 Å². The Balaban J connectivity index is 1.30. The van der Waals surface area contributed by atoms with Gasteiger partial charge in [-0.1, -0.05) is 0 Å². The van der Waals surface area contributed by atoms with E-state index in [1.165, 1.54) is 19.3 Å². The second-order valence-electron chi connectivity index (χ2n) is 8.40. The normalized spacial score (nSPS) is 21.2. The van der Waals surface area contributed by atoms with Crippen LogP contribution in [0.4, 0.5) is 5.95 Å². The Morgan fingerprint density at radius 3 is 2.55 bits per heavy atom. The summed E-state index contributed by atoms with van der Waals surface area (Å²) in [6, 6.07) is 1.95. The summed E-state index contributed by atoms with van der Waals surface area (Å²) in [5, 5.41) is 0. The maximum atomic E-state index is 12.7. The molecule has 29 heavy (non-hydrogen) atoms. The van der Waals surface area contributed by atoms with Crippen molar-refractivity contribution in [2.45, 2.75) is 52.5 Å². The Morgan fingerprint density at radius 2 is 1.83 bits per heavy atom. The SMILES string of the molecule is CCn1cnc(C(=O)N2CCC(C3CCCN(c4nccc(C)n4)CC3)CC2)c1. The molecule has 0 aromatic carbocycles. The molecule has 156 valence electrons. The Labute approximate surface area is 173 Å². The van der Waals surface area contributed by atoms with E-state index in [1.807, 2.05) is 34.9 Å². The summed E-state index contributed by atoms with van der Waals surface area (Å²) < 4.78 is 1.95. The molecule has 2 aromatic rings. The molecular formula is C22H32N6O. The van der Waals surface area contributed by atoms with Gasteiger partial charge in [-0.15, -0.1) is 0 Å². The van der Waals surface area contributed by atoms with Crippen LogP contribution in [-0.2, 0) is 6.54 Å². The predicted octanol–water partition coefficient (Wildman–Crippen LogP) is 3.16. The van der Waals surface area contributed by atoms with Gasteiger partial charge in [-0.3, -0.25) is 4.79 Å². The van der Waals surface area contributed by atoms with Crippen LogP contribution in [0.2, 0.25) is 0 Å². The summed E-state index contributed by atoms with van der Waals surface area (Å²) in [4.78, 5) is 30.4. The van der Waals surface area contributed by atoms with Crippen molar-refractivity contribution in [2.75, 3.05) is 31.1 Å². The number of rotatable bonds is 4. The summed E-state index contributed by atoms with van der Waals surface area (Å²) in [5.41, 5.74) is 1.60. The molecule has 7 nitrogen and oxygen atoms in total. The summed E-state index contributed by atoms with van der Waals surface area (Å²) in [6.07, 6.45) is 11.3. The number of aromatic nitrogens is 4. The van der Waals surface area contributed by atoms with Crippen LogP contribution in [0.3, 0.4) is 0 Å². The van der Waals surface area contributed by atoms with E-state index in [-0.39, 0.29) is 5.91 Å². The van der Waals surface area contributed by atoms with Gasteiger partial charge >= 0.3 is 0 Å². The number of piperidine rings is 1. The van der Waals surface area contributed by atoms with Crippen molar-refractivity contribution >= 4 is 11.9 Å². The highest BCUT2D eigenvalue weighted by Gasteiger charge is 2.31. The van der Waals surface area contributed by atoms with E-state index in [0.717, 1.165) is 63.1 Å². The standard InChI is InChI=1S/C22H32N6O/c1-3-26-15-20(24-16-26)21(29)27-12-7-19(8-13-27)18-5-4-11-28(14-9-18)22-23-10-6-17(2)25-22/h6,10,15-16,18-19H,3-5,7-9,11-14H2,1-2H3. The zero-order valence-corrected chi connectivity index (χ0v) is 17.6. The molecular weight excluding hydrogens is 364 g/mol. The third kappa shape index (κ3) is 4.60. The second-order valence-corrected chi connectivity index (χ2v) is 8.40. The molecule has 0 saturated carbocycles. The number of aryl methyl sites for hydroxylation is 2. The van der Waals surface area contributed by atoms with Crippen LogP contribution >= 0.6 is 0 Å². The molecule has 2 aliphatic heterocycles. The lowest BCUT2D eigenvalue weighted by Crippen LogP contribution is -2.40. The lowest BCUT2D eigenvalue weighted by molar-refractivity contribution is 0.0646. The molecule has 2 aromatic heterocycles. The Morgan fingerprint density at radius 1 is 1.07 bits per heavy atom. The van der Waals surface area contributed by atoms with Crippen LogP contribution in [0, 0.1) is 18.8 Å². The Kier molecular flexibility index (Phi) is 6.11. The average molecular weight is 397 g/mol. The molecule has 0 N–H and O–H groups in total. The molecule has 7 heteroatoms. The van der Waals surface area contributed by atoms with Crippen LogP contribution in [0.25, 0.3) is 0 Å². The van der Waals surface area contributed by atoms with E-state index in [9.17, 15) is 4.79 Å². The smallest absolute Gasteiger partial charge is 0.274 e. The van der Waals surface area contributed by atoms with Crippen molar-refractivity contribution in [3.8, 4) is 0 Å². The molecule has 2 aliphatic rings. The molecule has 0 aliphatic carbocycles. The third-order valence-corrected chi connectivity index (χ3v) is 6.55. The Hall–Kier alpha value is -2.44. The van der Waals surface area contributed by atoms with Gasteiger partial charge in [0.1, 0.15) is 5.69 Å². The van der Waals surface area contributed by atoms with Crippen molar-refractivity contribution in [1.82, 2.24) is 24.4 Å². The zero-order chi connectivity index (χ0) is 20.2. The first kappa shape index (κ1) is 19.9. The number of carbonyl (C=O) groups is 1. The minimum Gasteiger partial charge on any atom is -0.341 e. The summed E-state index contributed by atoms with van der Waals surface area (Å²) in [6.45, 7) is 8.69. The molecule has 1 atom stereocenters. The fraction of sp³-hybridized carbons (Fsp3) is 0.636. The van der Waals surface area contributed by atoms with Crippen LogP contribution in [-0.4, -0.2) is 56.5 Å². The molecule has 0 radical (unpaired) electrons. The second kappa shape index (κ2) is 8.93. The van der Waals surface area contributed by atoms with Crippen LogP contribution in [0.1, 0.15) is 55.2 Å². The van der Waals surface area contributed by atoms with Gasteiger partial charge in [0.05, 0.1) is 6.33 Å². The molecule has 2 fully saturated rings. The minimum atomic E-state index is 0.0827. The first-order chi connectivity index (χ1) is 14.1. The number of carbonyl (C=O) groups excluding carboxylic acids is 1. The molecule has 4 heterocycles. The van der Waals surface area contributed by atoms with E-state index in [4.69, 9.17) is 0 Å². The number of hydrogen-bond donors (Lipinski definition) is 0. The lowest BCUT2D eigenvalue weighted by atomic mass is 9.80. The van der Waals surface area contributed by atoms with E-state index in [0.29, 0.717) is 11.6 Å². The maximum absolute atomic E-state index is 12.7. The number of anilines is 1. The average Bonchev–Trinajstić information content (AvgIpc) is 3.10. The van der Waals surface area contributed by atoms with Crippen molar-refractivity contribution in [3.05, 3.63) is 36.2 Å². The first-order valence-electron chi connectivity index (χ1n) is 11.0. The van der Waals surface area contributed by atoms with Crippen LogP contribution < -0.4 is 4.90 Å². The van der Waals surface area contributed by atoms with Crippen LogP contribution in [0.15, 0.2) is 24.8 Å². The lowest BCUT2D eigenvalue weighted by Gasteiger charge is -2.35. The topological polar surface area (TPSA) is 67.2 Å². The molecule has 0 spiro atoms. The van der Waals surface area contributed by atoms with Crippen molar-refractivity contribution in [1.29, 1.82) is 0 Å². The van der Waals surface area contributed by atoms with Gasteiger partial charge in [0.2, 0.25) is 5.95 Å². The summed E-state index contributed by atoms with van der Waals surface area (Å²) in [7, 11) is 0. The van der Waals surface area contributed by atoms with Gasteiger partial charge in [-0.05, 0) is 63.9 Å². The molecule has 1 unspecified atom stereocenters. The highest BCUT2D eigenvalue weighted by molar-refractivity contribution is 5.92. The number of hydrogen-bond acceptors (Lipinski definition) is 5. The molecule has 0 bridgehead atoms. The number of imidazole rings is 1. The highest BCUT2D eigenvalue weighted by atomic mass is 16.2. The van der Waals surface area contributed by atoms with Crippen molar-refractivity contribution in [2.24, 2.45) is 11.8 Å². The monoisotopic (exact) mass is 396 g/mol. The van der Waals surface area contributed by atoms with Crippen molar-refractivity contribution < 1.29 is 4.79 Å². The van der Waals surface area contributed by atoms with E-state index >= 15 is 0 Å². The number of nitrogens with zero attached hydrogens (tertiary/aromatic N) is 6. The quantitative estimate of drug-likeness (QED) is 0.794. The zero-order valence-electron chi connectivity index (χ0n) is 17.6. The largest absolute Gasteiger partial charge is 0.341 e. The molecule has 1 amide bonds. The van der Waals surface area contributed by atoms with Crippen LogP contribution in [0.5, 0.6) is 0 Å². The fourth-order valence-corrected chi connectivity index (χ4v) is 4.76. The van der Waals surface area contributed by atoms with E-state index in [2.05, 4.69) is 26.8 Å². The molecule has 4 rings (SSSR count). The van der Waals surface area contributed by atoms with Gasteiger partial charge in [0.15, 0.2) is 0 Å². The Bertz CT molecular complexity index is 826. The van der Waals surface area contributed by atoms with E-state index < -0.39 is 0 Å². The summed E-state index contributed by atoms with van der Waals surface area (Å²) >= 11 is 0. The first-order valence-corrected chi connectivity index (χ1v) is 11.0. The summed E-state index contributed by atoms with van der Waals surface area (Å²) in [5.74, 6) is 2.41. The van der Waals surface area contributed by atoms with Gasteiger partial charge in [0.25, 0.3) is 5.91 Å². The highest BCUT2D eigenvalue weighted by Crippen LogP contribution is 2.33. The predicted molar refractivity (Wildman–Crippen MR) is 113 cm³/mol. The van der Waals surface area contributed by atoms with E-state index in [1.54, 1.807) is 6.33 Å². The third-order valence-electron chi connectivity index (χ3n) is 6.55. The maximum Gasteiger partial charge on any atom is 0.274 e. The number of likely N-dealkylation sites (tertiary alicyclic amines) is 1. The number of amides is 1.